The highest BCUT2D eigenvalue weighted by Gasteiger charge is 2.22. The van der Waals surface area contributed by atoms with E-state index in [9.17, 15) is 0 Å². The van der Waals surface area contributed by atoms with Crippen LogP contribution in [0.25, 0.3) is 0 Å². The third-order valence-electron chi connectivity index (χ3n) is 4.99. The van der Waals surface area contributed by atoms with E-state index < -0.39 is 0 Å². The smallest absolute Gasteiger partial charge is 0.222 e. The van der Waals surface area contributed by atoms with Crippen molar-refractivity contribution >= 4 is 28.9 Å². The lowest BCUT2D eigenvalue weighted by molar-refractivity contribution is 0.147. The van der Waals surface area contributed by atoms with Crippen LogP contribution in [0.15, 0.2) is 29.4 Å². The lowest BCUT2D eigenvalue weighted by atomic mass is 10.1. The summed E-state index contributed by atoms with van der Waals surface area (Å²) in [5.74, 6) is 0.660. The molecule has 1 aliphatic heterocycles. The predicted octanol–water partition coefficient (Wildman–Crippen LogP) is 1.24. The average Bonchev–Trinajstić information content (AvgIpc) is 2.71. The largest absolute Gasteiger partial charge is 0.394 e. The minimum atomic E-state index is 0.216. The fraction of sp³-hybridized carbons (Fsp3) is 0.450. The standard InChI is InChI=1S/C20H30N8O/c1-14(26-29-13-8-23-3)16-4-6-17(7-5-16)27-9-11-28(12-10-27)18-15(2)24-20(22)25-19(18)21/h4-7,23H,8-13H2,1-3H3,(H4,21,22,24,25). The predicted molar refractivity (Wildman–Crippen MR) is 119 cm³/mol. The van der Waals surface area contributed by atoms with Gasteiger partial charge in [-0.25, -0.2) is 4.98 Å². The molecule has 3 rings (SSSR count). The van der Waals surface area contributed by atoms with Gasteiger partial charge < -0.3 is 31.4 Å². The molecule has 0 amide bonds. The monoisotopic (exact) mass is 398 g/mol. The zero-order valence-electron chi connectivity index (χ0n) is 17.4. The van der Waals surface area contributed by atoms with Crippen molar-refractivity contribution in [2.75, 3.05) is 67.6 Å². The summed E-state index contributed by atoms with van der Waals surface area (Å²) in [5.41, 5.74) is 16.6. The van der Waals surface area contributed by atoms with Crippen molar-refractivity contribution in [3.63, 3.8) is 0 Å². The number of anilines is 4. The van der Waals surface area contributed by atoms with Gasteiger partial charge in [-0.15, -0.1) is 0 Å². The molecule has 1 fully saturated rings. The third kappa shape index (κ3) is 5.05. The number of nitrogen functional groups attached to an aromatic ring is 2. The van der Waals surface area contributed by atoms with Crippen molar-refractivity contribution in [2.24, 2.45) is 5.16 Å². The molecule has 0 unspecified atom stereocenters. The van der Waals surface area contributed by atoms with Crippen LogP contribution in [0, 0.1) is 6.92 Å². The highest BCUT2D eigenvalue weighted by molar-refractivity contribution is 5.98. The van der Waals surface area contributed by atoms with E-state index >= 15 is 0 Å². The van der Waals surface area contributed by atoms with Crippen molar-refractivity contribution < 1.29 is 4.84 Å². The molecule has 2 aromatic rings. The molecular formula is C20H30N8O. The Labute approximate surface area is 171 Å². The summed E-state index contributed by atoms with van der Waals surface area (Å²) in [6.45, 7) is 8.68. The number of hydrogen-bond donors (Lipinski definition) is 3. The molecule has 5 N–H and O–H groups in total. The quantitative estimate of drug-likeness (QED) is 0.362. The first-order chi connectivity index (χ1) is 14.0. The lowest BCUT2D eigenvalue weighted by Crippen LogP contribution is -2.47. The molecule has 0 atom stereocenters. The number of nitrogens with two attached hydrogens (primary N) is 2. The number of rotatable bonds is 7. The highest BCUT2D eigenvalue weighted by atomic mass is 16.6. The molecule has 1 aromatic carbocycles. The van der Waals surface area contributed by atoms with Gasteiger partial charge in [-0.2, -0.15) is 4.98 Å². The van der Waals surface area contributed by atoms with E-state index in [-0.39, 0.29) is 5.95 Å². The molecule has 0 bridgehead atoms. The first-order valence-corrected chi connectivity index (χ1v) is 9.80. The number of aromatic nitrogens is 2. The van der Waals surface area contributed by atoms with Gasteiger partial charge >= 0.3 is 0 Å². The fourth-order valence-corrected chi connectivity index (χ4v) is 3.45. The van der Waals surface area contributed by atoms with Crippen LogP contribution in [0.3, 0.4) is 0 Å². The van der Waals surface area contributed by atoms with Gasteiger partial charge in [0.1, 0.15) is 12.3 Å². The first-order valence-electron chi connectivity index (χ1n) is 9.80. The second-order valence-electron chi connectivity index (χ2n) is 7.04. The number of aryl methyl sites for hydroxylation is 1. The van der Waals surface area contributed by atoms with E-state index in [4.69, 9.17) is 16.3 Å². The Morgan fingerprint density at radius 1 is 1.10 bits per heavy atom. The van der Waals surface area contributed by atoms with Crippen molar-refractivity contribution in [3.05, 3.63) is 35.5 Å². The number of nitrogens with one attached hydrogen (secondary N) is 1. The fourth-order valence-electron chi connectivity index (χ4n) is 3.45. The van der Waals surface area contributed by atoms with E-state index in [0.29, 0.717) is 12.4 Å². The van der Waals surface area contributed by atoms with E-state index in [1.807, 2.05) is 20.9 Å². The molecule has 0 aliphatic carbocycles. The van der Waals surface area contributed by atoms with Crippen LogP contribution in [0.2, 0.25) is 0 Å². The Kier molecular flexibility index (Phi) is 6.71. The van der Waals surface area contributed by atoms with Crippen molar-refractivity contribution in [1.29, 1.82) is 0 Å². The highest BCUT2D eigenvalue weighted by Crippen LogP contribution is 2.27. The zero-order chi connectivity index (χ0) is 20.8. The second kappa shape index (κ2) is 9.42. The first kappa shape index (κ1) is 20.7. The van der Waals surface area contributed by atoms with E-state index in [2.05, 4.69) is 54.5 Å². The molecule has 0 saturated carbocycles. The molecule has 29 heavy (non-hydrogen) atoms. The molecule has 9 heteroatoms. The number of piperazine rings is 1. The lowest BCUT2D eigenvalue weighted by Gasteiger charge is -2.38. The number of nitrogens with zero attached hydrogens (tertiary/aromatic N) is 5. The topological polar surface area (TPSA) is 118 Å². The molecule has 2 heterocycles. The maximum Gasteiger partial charge on any atom is 0.222 e. The van der Waals surface area contributed by atoms with Crippen molar-refractivity contribution in [3.8, 4) is 0 Å². The summed E-state index contributed by atoms with van der Waals surface area (Å²) < 4.78 is 0. The molecule has 0 radical (unpaired) electrons. The average molecular weight is 399 g/mol. The van der Waals surface area contributed by atoms with E-state index in [0.717, 1.165) is 55.4 Å². The van der Waals surface area contributed by atoms with Crippen LogP contribution in [0.5, 0.6) is 0 Å². The number of benzene rings is 1. The Bertz CT molecular complexity index is 821. The zero-order valence-corrected chi connectivity index (χ0v) is 17.4. The van der Waals surface area contributed by atoms with Crippen LogP contribution in [-0.4, -0.2) is 62.1 Å². The van der Waals surface area contributed by atoms with Crippen LogP contribution in [0.4, 0.5) is 23.1 Å². The summed E-state index contributed by atoms with van der Waals surface area (Å²) in [5, 5.41) is 7.19. The summed E-state index contributed by atoms with van der Waals surface area (Å²) in [6.07, 6.45) is 0. The maximum absolute atomic E-state index is 6.08. The van der Waals surface area contributed by atoms with Gasteiger partial charge in [-0.1, -0.05) is 17.3 Å². The maximum atomic E-state index is 6.08. The molecule has 0 spiro atoms. The Hall–Kier alpha value is -3.07. The van der Waals surface area contributed by atoms with Crippen LogP contribution in [-0.2, 0) is 4.84 Å². The van der Waals surface area contributed by atoms with Gasteiger partial charge in [0, 0.05) is 38.4 Å². The van der Waals surface area contributed by atoms with Crippen LogP contribution >= 0.6 is 0 Å². The number of likely N-dealkylation sites (N-methyl/N-ethyl adjacent to an activating group) is 1. The second-order valence-corrected chi connectivity index (χ2v) is 7.04. The summed E-state index contributed by atoms with van der Waals surface area (Å²) >= 11 is 0. The summed E-state index contributed by atoms with van der Waals surface area (Å²) in [7, 11) is 1.89. The molecule has 1 aromatic heterocycles. The van der Waals surface area contributed by atoms with Gasteiger partial charge in [0.25, 0.3) is 0 Å². The molecular weight excluding hydrogens is 368 g/mol. The van der Waals surface area contributed by atoms with Gasteiger partial charge in [0.15, 0.2) is 5.82 Å². The van der Waals surface area contributed by atoms with Crippen LogP contribution in [0.1, 0.15) is 18.2 Å². The van der Waals surface area contributed by atoms with Gasteiger partial charge in [-0.3, -0.25) is 0 Å². The molecule has 1 saturated heterocycles. The Morgan fingerprint density at radius 3 is 2.38 bits per heavy atom. The molecule has 1 aliphatic rings. The Balaban J connectivity index is 1.60. The molecule has 9 nitrogen and oxygen atoms in total. The Morgan fingerprint density at radius 2 is 1.76 bits per heavy atom. The minimum Gasteiger partial charge on any atom is -0.394 e. The SMILES string of the molecule is CNCCON=C(C)c1ccc(N2CCN(c3c(C)nc(N)nc3N)CC2)cc1. The van der Waals surface area contributed by atoms with Crippen LogP contribution < -0.4 is 26.6 Å². The van der Waals surface area contributed by atoms with E-state index in [1.165, 1.54) is 5.69 Å². The van der Waals surface area contributed by atoms with Gasteiger partial charge in [-0.05, 0) is 38.6 Å². The van der Waals surface area contributed by atoms with Gasteiger partial charge in [0.05, 0.1) is 11.4 Å². The minimum absolute atomic E-state index is 0.216. The normalized spacial score (nSPS) is 14.9. The molecule has 156 valence electrons. The number of hydrogen-bond acceptors (Lipinski definition) is 9. The van der Waals surface area contributed by atoms with Crippen molar-refractivity contribution in [2.45, 2.75) is 13.8 Å². The third-order valence-corrected chi connectivity index (χ3v) is 4.99. The van der Waals surface area contributed by atoms with E-state index in [1.54, 1.807) is 0 Å². The summed E-state index contributed by atoms with van der Waals surface area (Å²) in [6, 6.07) is 8.42. The van der Waals surface area contributed by atoms with Gasteiger partial charge in [0.2, 0.25) is 5.95 Å². The number of oxime groups is 1. The summed E-state index contributed by atoms with van der Waals surface area (Å²) in [4.78, 5) is 18.2. The van der Waals surface area contributed by atoms with Crippen molar-refractivity contribution in [1.82, 2.24) is 15.3 Å².